The molecule has 0 amide bonds. The number of rotatable bonds is 8. The molecule has 1 unspecified atom stereocenters. The molecule has 31 heavy (non-hydrogen) atoms. The second-order valence-corrected chi connectivity index (χ2v) is 9.26. The lowest BCUT2D eigenvalue weighted by molar-refractivity contribution is 0.0569. The normalized spacial score (nSPS) is 16.8. The summed E-state index contributed by atoms with van der Waals surface area (Å²) >= 11 is 0. The Morgan fingerprint density at radius 2 is 1.71 bits per heavy atom. The number of nitrogens with zero attached hydrogens (tertiary/aromatic N) is 2. The molecule has 0 saturated carbocycles. The van der Waals surface area contributed by atoms with Crippen LogP contribution in [0.25, 0.3) is 0 Å². The number of carbonyl (C=O) groups excluding carboxylic acids is 1. The maximum Gasteiger partial charge on any atom is 0.243 e. The number of hydrogen-bond donors (Lipinski definition) is 1. The van der Waals surface area contributed by atoms with Gasteiger partial charge in [0, 0.05) is 38.3 Å². The van der Waals surface area contributed by atoms with E-state index in [0.29, 0.717) is 37.0 Å². The number of benzene rings is 2. The molecule has 1 fully saturated rings. The molecular weight excluding hydrogens is 430 g/mol. The van der Waals surface area contributed by atoms with Gasteiger partial charge in [-0.1, -0.05) is 0 Å². The Balaban J connectivity index is 1.48. The fourth-order valence-corrected chi connectivity index (χ4v) is 4.70. The van der Waals surface area contributed by atoms with Crippen molar-refractivity contribution in [3.05, 3.63) is 59.7 Å². The number of hydrogen-bond acceptors (Lipinski definition) is 6. The van der Waals surface area contributed by atoms with Crippen LogP contribution in [0.2, 0.25) is 0 Å². The van der Waals surface area contributed by atoms with Crippen molar-refractivity contribution in [1.29, 1.82) is 0 Å². The zero-order chi connectivity index (χ0) is 22.6. The van der Waals surface area contributed by atoms with Crippen molar-refractivity contribution >= 4 is 15.8 Å². The lowest BCUT2D eigenvalue weighted by atomic mass is 10.1. The molecule has 2 aromatic carbocycles. The van der Waals surface area contributed by atoms with Gasteiger partial charge in [0.1, 0.15) is 18.5 Å². The number of ether oxygens (including phenoxy) is 1. The Kier molecular flexibility index (Phi) is 7.37. The van der Waals surface area contributed by atoms with E-state index in [1.165, 1.54) is 11.2 Å². The number of sulfonamides is 1. The largest absolute Gasteiger partial charge is 0.491 e. The molecular formula is C21H24F2N2O5S. The molecule has 0 radical (unpaired) electrons. The molecule has 2 aromatic rings. The van der Waals surface area contributed by atoms with E-state index < -0.39 is 27.8 Å². The van der Waals surface area contributed by atoms with Gasteiger partial charge in [0.25, 0.3) is 0 Å². The van der Waals surface area contributed by atoms with Crippen molar-refractivity contribution < 1.29 is 31.8 Å². The van der Waals surface area contributed by atoms with E-state index in [9.17, 15) is 27.1 Å². The molecule has 1 aliphatic heterocycles. The second kappa shape index (κ2) is 9.82. The summed E-state index contributed by atoms with van der Waals surface area (Å²) in [5.74, 6) is -1.82. The van der Waals surface area contributed by atoms with Crippen molar-refractivity contribution in [2.45, 2.75) is 17.9 Å². The monoisotopic (exact) mass is 454 g/mol. The van der Waals surface area contributed by atoms with Crippen LogP contribution >= 0.6 is 0 Å². The van der Waals surface area contributed by atoms with Gasteiger partial charge in [-0.2, -0.15) is 4.31 Å². The fourth-order valence-electron chi connectivity index (χ4n) is 3.27. The third-order valence-electron chi connectivity index (χ3n) is 5.03. The molecule has 0 aliphatic carbocycles. The minimum atomic E-state index is -3.92. The molecule has 0 bridgehead atoms. The van der Waals surface area contributed by atoms with Gasteiger partial charge in [-0.25, -0.2) is 17.2 Å². The predicted octanol–water partition coefficient (Wildman–Crippen LogP) is 1.91. The average molecular weight is 454 g/mol. The third kappa shape index (κ3) is 5.85. The summed E-state index contributed by atoms with van der Waals surface area (Å²) in [4.78, 5) is 12.9. The van der Waals surface area contributed by atoms with Crippen LogP contribution in [0.3, 0.4) is 0 Å². The first-order valence-electron chi connectivity index (χ1n) is 9.76. The number of halogens is 2. The van der Waals surface area contributed by atoms with Crippen molar-refractivity contribution in [2.75, 3.05) is 39.3 Å². The van der Waals surface area contributed by atoms with E-state index in [1.54, 1.807) is 24.3 Å². The number of piperazine rings is 1. The maximum absolute atomic E-state index is 13.4. The van der Waals surface area contributed by atoms with E-state index in [2.05, 4.69) is 0 Å². The van der Waals surface area contributed by atoms with Gasteiger partial charge in [0.2, 0.25) is 10.0 Å². The topological polar surface area (TPSA) is 87.2 Å². The van der Waals surface area contributed by atoms with Gasteiger partial charge >= 0.3 is 0 Å². The van der Waals surface area contributed by atoms with Gasteiger partial charge in [0.05, 0.1) is 4.90 Å². The number of β-amino-alcohol motifs (C(OH)–C–C–N with tert-alkyl or cyclic N) is 1. The molecule has 168 valence electrons. The van der Waals surface area contributed by atoms with Crippen LogP contribution in [0.15, 0.2) is 47.4 Å². The Morgan fingerprint density at radius 1 is 1.06 bits per heavy atom. The van der Waals surface area contributed by atoms with E-state index in [4.69, 9.17) is 4.74 Å². The van der Waals surface area contributed by atoms with Gasteiger partial charge in [-0.3, -0.25) is 9.69 Å². The van der Waals surface area contributed by atoms with Crippen molar-refractivity contribution in [1.82, 2.24) is 9.21 Å². The highest BCUT2D eigenvalue weighted by atomic mass is 32.2. The number of carbonyl (C=O) groups is 1. The summed E-state index contributed by atoms with van der Waals surface area (Å²) in [6, 6.07) is 9.14. The second-order valence-electron chi connectivity index (χ2n) is 7.33. The van der Waals surface area contributed by atoms with Crippen molar-refractivity contribution in [3.63, 3.8) is 0 Å². The summed E-state index contributed by atoms with van der Waals surface area (Å²) in [7, 11) is -3.92. The minimum Gasteiger partial charge on any atom is -0.491 e. The quantitative estimate of drug-likeness (QED) is 0.614. The SMILES string of the molecule is CC(=O)c1ccc(OCC(O)CN2CCN(S(=O)(=O)c3ccc(F)c(F)c3)CC2)cc1. The number of aliphatic hydroxyl groups excluding tert-OH is 1. The lowest BCUT2D eigenvalue weighted by Gasteiger charge is -2.34. The molecule has 0 aromatic heterocycles. The Morgan fingerprint density at radius 3 is 2.29 bits per heavy atom. The Hall–Kier alpha value is -2.40. The molecule has 1 aliphatic rings. The van der Waals surface area contributed by atoms with E-state index in [0.717, 1.165) is 12.1 Å². The van der Waals surface area contributed by atoms with Crippen LogP contribution in [-0.4, -0.2) is 73.9 Å². The molecule has 1 heterocycles. The van der Waals surface area contributed by atoms with Crippen LogP contribution in [-0.2, 0) is 10.0 Å². The summed E-state index contributed by atoms with van der Waals surface area (Å²) in [6.45, 7) is 2.92. The van der Waals surface area contributed by atoms with Gasteiger partial charge in [-0.05, 0) is 49.4 Å². The van der Waals surface area contributed by atoms with Crippen molar-refractivity contribution in [2.24, 2.45) is 0 Å². The molecule has 3 rings (SSSR count). The first-order valence-corrected chi connectivity index (χ1v) is 11.2. The Bertz CT molecular complexity index is 1020. The fraction of sp³-hybridized carbons (Fsp3) is 0.381. The van der Waals surface area contributed by atoms with E-state index in [-0.39, 0.29) is 30.4 Å². The predicted molar refractivity (Wildman–Crippen MR) is 110 cm³/mol. The maximum atomic E-state index is 13.4. The highest BCUT2D eigenvalue weighted by Crippen LogP contribution is 2.20. The molecule has 0 spiro atoms. The van der Waals surface area contributed by atoms with Crippen LogP contribution < -0.4 is 4.74 Å². The minimum absolute atomic E-state index is 0.0442. The summed E-state index contributed by atoms with van der Waals surface area (Å²) in [5.41, 5.74) is 0.573. The number of aliphatic hydroxyl groups is 1. The smallest absolute Gasteiger partial charge is 0.243 e. The third-order valence-corrected chi connectivity index (χ3v) is 6.93. The lowest BCUT2D eigenvalue weighted by Crippen LogP contribution is -2.50. The zero-order valence-corrected chi connectivity index (χ0v) is 17.8. The summed E-state index contributed by atoms with van der Waals surface area (Å²) in [6.07, 6.45) is -0.790. The summed E-state index contributed by atoms with van der Waals surface area (Å²) in [5, 5.41) is 10.2. The Labute approximate surface area is 179 Å². The molecule has 1 saturated heterocycles. The molecule has 1 atom stereocenters. The highest BCUT2D eigenvalue weighted by molar-refractivity contribution is 7.89. The molecule has 10 heteroatoms. The molecule has 7 nitrogen and oxygen atoms in total. The average Bonchev–Trinajstić information content (AvgIpc) is 2.75. The van der Waals surface area contributed by atoms with Crippen LogP contribution in [0.1, 0.15) is 17.3 Å². The first-order chi connectivity index (χ1) is 14.7. The van der Waals surface area contributed by atoms with Gasteiger partial charge in [0.15, 0.2) is 17.4 Å². The van der Waals surface area contributed by atoms with Crippen LogP contribution in [0.4, 0.5) is 8.78 Å². The van der Waals surface area contributed by atoms with E-state index in [1.807, 2.05) is 4.90 Å². The zero-order valence-electron chi connectivity index (χ0n) is 17.0. The van der Waals surface area contributed by atoms with Gasteiger partial charge in [-0.15, -0.1) is 0 Å². The highest BCUT2D eigenvalue weighted by Gasteiger charge is 2.29. The van der Waals surface area contributed by atoms with Crippen LogP contribution in [0, 0.1) is 11.6 Å². The van der Waals surface area contributed by atoms with E-state index >= 15 is 0 Å². The number of Topliss-reactive ketones (excluding diaryl/α,β-unsaturated/α-hetero) is 1. The van der Waals surface area contributed by atoms with Crippen molar-refractivity contribution in [3.8, 4) is 5.75 Å². The number of ketones is 1. The summed E-state index contributed by atoms with van der Waals surface area (Å²) < 4.78 is 58.5. The first kappa shape index (κ1) is 23.3. The van der Waals surface area contributed by atoms with Gasteiger partial charge < -0.3 is 9.84 Å². The molecule has 1 N–H and O–H groups in total. The standard InChI is InChI=1S/C21H24F2N2O5S/c1-15(26)16-2-4-18(5-3-16)30-14-17(27)13-24-8-10-25(11-9-24)31(28,29)19-6-7-20(22)21(23)12-19/h2-7,12,17,27H,8-11,13-14H2,1H3. The van der Waals surface area contributed by atoms with Crippen LogP contribution in [0.5, 0.6) is 5.75 Å².